The van der Waals surface area contributed by atoms with E-state index < -0.39 is 0 Å². The molecule has 0 spiro atoms. The third-order valence-corrected chi connectivity index (χ3v) is 11.8. The van der Waals surface area contributed by atoms with Gasteiger partial charge >= 0.3 is 0 Å². The van der Waals surface area contributed by atoms with Crippen molar-refractivity contribution in [2.45, 2.75) is 72.8 Å². The number of anilines is 1. The van der Waals surface area contributed by atoms with Crippen LogP contribution in [0.2, 0.25) is 0 Å². The molecule has 254 valence electrons. The summed E-state index contributed by atoms with van der Waals surface area (Å²) in [7, 11) is 0. The predicted molar refractivity (Wildman–Crippen MR) is 206 cm³/mol. The Labute approximate surface area is 296 Å². The maximum absolute atomic E-state index is 4.66. The standard InChI is InChI=1S/C43H47N7/c1-6-29(2)27-30-11-13-32(14-12-30)45-46-33-15-17-34(18-16-33)47-48-35-19-21-36(22-20-35)49-50-40-24-23-39(37-9-7-8-10-38(37)40)44-41-28-31-25-26-43(41,5)42(31,3)4/h7-24,29,31,41,44H,6,25-28H2,1-5H3/b46-45+,48-47+,50-49+. The van der Waals surface area contributed by atoms with Crippen LogP contribution >= 0.6 is 0 Å². The zero-order valence-corrected chi connectivity index (χ0v) is 29.8. The molecule has 2 aliphatic rings. The molecule has 0 amide bonds. The largest absolute Gasteiger partial charge is 0.381 e. The van der Waals surface area contributed by atoms with Crippen LogP contribution in [-0.2, 0) is 6.42 Å². The van der Waals surface area contributed by atoms with Crippen molar-refractivity contribution >= 4 is 50.6 Å². The molecule has 2 fully saturated rings. The maximum atomic E-state index is 4.66. The van der Waals surface area contributed by atoms with E-state index in [4.69, 9.17) is 0 Å². The van der Waals surface area contributed by atoms with Crippen molar-refractivity contribution in [1.29, 1.82) is 0 Å². The Morgan fingerprint density at radius 1 is 0.640 bits per heavy atom. The van der Waals surface area contributed by atoms with E-state index in [0.717, 1.165) is 51.8 Å². The highest BCUT2D eigenvalue weighted by Gasteiger charge is 2.61. The fraction of sp³-hybridized carbons (Fsp3) is 0.349. The number of rotatable bonds is 11. The quantitative estimate of drug-likeness (QED) is 0.140. The third-order valence-electron chi connectivity index (χ3n) is 11.8. The van der Waals surface area contributed by atoms with E-state index in [1.165, 1.54) is 42.3 Å². The van der Waals surface area contributed by atoms with Gasteiger partial charge in [0.25, 0.3) is 0 Å². The lowest BCUT2D eigenvalue weighted by atomic mass is 9.69. The molecule has 1 N–H and O–H groups in total. The van der Waals surface area contributed by atoms with Crippen LogP contribution in [-0.4, -0.2) is 6.04 Å². The van der Waals surface area contributed by atoms with Crippen LogP contribution in [0.5, 0.6) is 0 Å². The van der Waals surface area contributed by atoms with E-state index in [2.05, 4.69) is 119 Å². The van der Waals surface area contributed by atoms with Gasteiger partial charge in [0.05, 0.1) is 34.1 Å². The first-order valence-corrected chi connectivity index (χ1v) is 18.0. The van der Waals surface area contributed by atoms with E-state index in [1.54, 1.807) is 0 Å². The van der Waals surface area contributed by atoms with Crippen LogP contribution in [0, 0.1) is 22.7 Å². The first-order chi connectivity index (χ1) is 24.2. The number of benzene rings is 5. The van der Waals surface area contributed by atoms with Crippen LogP contribution < -0.4 is 5.32 Å². The molecule has 7 heteroatoms. The van der Waals surface area contributed by atoms with Crippen molar-refractivity contribution < 1.29 is 0 Å². The molecular weight excluding hydrogens is 615 g/mol. The lowest BCUT2D eigenvalue weighted by Gasteiger charge is -2.40. The Morgan fingerprint density at radius 2 is 1.14 bits per heavy atom. The molecule has 0 saturated heterocycles. The van der Waals surface area contributed by atoms with Gasteiger partial charge in [-0.25, -0.2) is 0 Å². The van der Waals surface area contributed by atoms with Crippen molar-refractivity contribution in [3.8, 4) is 0 Å². The van der Waals surface area contributed by atoms with Crippen LogP contribution in [0.3, 0.4) is 0 Å². The van der Waals surface area contributed by atoms with Crippen LogP contribution in [0.25, 0.3) is 10.8 Å². The van der Waals surface area contributed by atoms with Gasteiger partial charge in [0.1, 0.15) is 0 Å². The second-order valence-corrected chi connectivity index (χ2v) is 15.0. The van der Waals surface area contributed by atoms with Crippen molar-refractivity contribution in [3.05, 3.63) is 115 Å². The average molecular weight is 662 g/mol. The number of hydrogen-bond acceptors (Lipinski definition) is 7. The summed E-state index contributed by atoms with van der Waals surface area (Å²) in [4.78, 5) is 0. The van der Waals surface area contributed by atoms with Crippen LogP contribution in [0.1, 0.15) is 65.9 Å². The molecular formula is C43H47N7. The van der Waals surface area contributed by atoms with Gasteiger partial charge in [-0.2, -0.15) is 25.6 Å². The average Bonchev–Trinajstić information content (AvgIpc) is 3.48. The van der Waals surface area contributed by atoms with Crippen molar-refractivity contribution in [2.75, 3.05) is 5.32 Å². The highest BCUT2D eigenvalue weighted by atomic mass is 15.1. The highest BCUT2D eigenvalue weighted by Crippen LogP contribution is 2.66. The number of hydrogen-bond donors (Lipinski definition) is 1. The van der Waals surface area contributed by atoms with Gasteiger partial charge in [-0.05, 0) is 127 Å². The number of azo groups is 3. The van der Waals surface area contributed by atoms with Gasteiger partial charge in [-0.15, -0.1) is 5.11 Å². The summed E-state index contributed by atoms with van der Waals surface area (Å²) in [5, 5.41) is 33.0. The van der Waals surface area contributed by atoms with Gasteiger partial charge in [-0.1, -0.05) is 77.4 Å². The summed E-state index contributed by atoms with van der Waals surface area (Å²) >= 11 is 0. The van der Waals surface area contributed by atoms with Gasteiger partial charge in [0.2, 0.25) is 0 Å². The lowest BCUT2D eigenvalue weighted by Crippen LogP contribution is -2.40. The first kappa shape index (κ1) is 33.5. The Kier molecular flexibility index (Phi) is 9.41. The molecule has 4 unspecified atom stereocenters. The maximum Gasteiger partial charge on any atom is 0.0936 e. The zero-order valence-electron chi connectivity index (χ0n) is 29.8. The molecule has 2 saturated carbocycles. The molecule has 2 aliphatic carbocycles. The Hall–Kier alpha value is -5.04. The second-order valence-electron chi connectivity index (χ2n) is 15.0. The van der Waals surface area contributed by atoms with E-state index in [0.29, 0.717) is 22.8 Å². The van der Waals surface area contributed by atoms with E-state index in [-0.39, 0.29) is 0 Å². The Balaban J connectivity index is 0.969. The number of nitrogens with zero attached hydrogens (tertiary/aromatic N) is 6. The van der Waals surface area contributed by atoms with Crippen molar-refractivity contribution in [3.63, 3.8) is 0 Å². The molecule has 7 rings (SSSR count). The summed E-state index contributed by atoms with van der Waals surface area (Å²) < 4.78 is 0. The minimum atomic E-state index is 0.306. The highest BCUT2D eigenvalue weighted by molar-refractivity contribution is 6.01. The van der Waals surface area contributed by atoms with Gasteiger partial charge in [0, 0.05) is 22.5 Å². The fourth-order valence-electron chi connectivity index (χ4n) is 7.87. The summed E-state index contributed by atoms with van der Waals surface area (Å²) in [6.45, 7) is 11.9. The minimum Gasteiger partial charge on any atom is -0.381 e. The zero-order chi connectivity index (χ0) is 34.7. The smallest absolute Gasteiger partial charge is 0.0936 e. The fourth-order valence-corrected chi connectivity index (χ4v) is 7.87. The molecule has 0 heterocycles. The summed E-state index contributed by atoms with van der Waals surface area (Å²) in [6.07, 6.45) is 6.15. The summed E-state index contributed by atoms with van der Waals surface area (Å²) in [5.41, 5.74) is 7.88. The minimum absolute atomic E-state index is 0.306. The van der Waals surface area contributed by atoms with Gasteiger partial charge < -0.3 is 5.32 Å². The van der Waals surface area contributed by atoms with E-state index in [9.17, 15) is 0 Å². The topological polar surface area (TPSA) is 86.2 Å². The predicted octanol–water partition coefficient (Wildman–Crippen LogP) is 14.3. The Bertz CT molecular complexity index is 2030. The molecule has 5 aromatic rings. The molecule has 7 nitrogen and oxygen atoms in total. The third kappa shape index (κ3) is 6.87. The molecule has 2 bridgehead atoms. The summed E-state index contributed by atoms with van der Waals surface area (Å²) in [5.74, 6) is 1.47. The second kappa shape index (κ2) is 14.1. The number of fused-ring (bicyclic) bond motifs is 3. The van der Waals surface area contributed by atoms with Crippen LogP contribution in [0.4, 0.5) is 39.8 Å². The van der Waals surface area contributed by atoms with Gasteiger partial charge in [0.15, 0.2) is 0 Å². The van der Waals surface area contributed by atoms with Crippen molar-refractivity contribution in [2.24, 2.45) is 53.4 Å². The molecule has 5 aromatic carbocycles. The molecule has 0 aliphatic heterocycles. The van der Waals surface area contributed by atoms with Crippen molar-refractivity contribution in [1.82, 2.24) is 0 Å². The summed E-state index contributed by atoms with van der Waals surface area (Å²) in [6, 6.07) is 36.7. The molecule has 0 aromatic heterocycles. The monoisotopic (exact) mass is 661 g/mol. The van der Waals surface area contributed by atoms with Crippen LogP contribution in [0.15, 0.2) is 140 Å². The lowest BCUT2D eigenvalue weighted by molar-refractivity contribution is 0.142. The SMILES string of the molecule is CCC(C)Cc1ccc(/N=N/c2ccc(/N=N/c3ccc(/N=N/c4ccc(NC5CC6CCC5(C)C6(C)C)c5ccccc45)cc3)cc2)cc1. The first-order valence-electron chi connectivity index (χ1n) is 18.0. The van der Waals surface area contributed by atoms with Gasteiger partial charge in [-0.3, -0.25) is 0 Å². The normalized spacial score (nSPS) is 21.9. The molecule has 4 atom stereocenters. The number of nitrogens with one attached hydrogen (secondary N) is 1. The Morgan fingerprint density at radius 3 is 1.62 bits per heavy atom. The molecule has 50 heavy (non-hydrogen) atoms. The van der Waals surface area contributed by atoms with E-state index >= 15 is 0 Å². The molecule has 0 radical (unpaired) electrons. The van der Waals surface area contributed by atoms with E-state index in [1.807, 2.05) is 60.7 Å².